The van der Waals surface area contributed by atoms with Gasteiger partial charge in [0.2, 0.25) is 5.91 Å². The Balaban J connectivity index is 1.71. The lowest BCUT2D eigenvalue weighted by Gasteiger charge is -2.22. The minimum absolute atomic E-state index is 0.154. The van der Waals surface area contributed by atoms with Crippen molar-refractivity contribution in [3.8, 4) is 0 Å². The molecular weight excluding hydrogens is 330 g/mol. The molecule has 2 amide bonds. The summed E-state index contributed by atoms with van der Waals surface area (Å²) in [4.78, 5) is 30.9. The summed E-state index contributed by atoms with van der Waals surface area (Å²) in [6.45, 7) is 3.86. The summed E-state index contributed by atoms with van der Waals surface area (Å²) in [5.41, 5.74) is 2.30. The van der Waals surface area contributed by atoms with Gasteiger partial charge < -0.3 is 10.2 Å². The predicted molar refractivity (Wildman–Crippen MR) is 93.9 cm³/mol. The lowest BCUT2D eigenvalue weighted by molar-refractivity contribution is -0.119. The van der Waals surface area contributed by atoms with Crippen LogP contribution in [0.25, 0.3) is 0 Å². The first-order valence-electron chi connectivity index (χ1n) is 7.23. The Morgan fingerprint density at radius 1 is 1.26 bits per heavy atom. The number of amides is 2. The summed E-state index contributed by atoms with van der Waals surface area (Å²) in [5, 5.41) is 5.48. The Morgan fingerprint density at radius 3 is 2.65 bits per heavy atom. The average molecular weight is 347 g/mol. The second kappa shape index (κ2) is 6.72. The Hall–Kier alpha value is -1.86. The fourth-order valence-corrected chi connectivity index (χ4v) is 4.07. The summed E-state index contributed by atoms with van der Waals surface area (Å²) in [6, 6.07) is 7.16. The molecule has 1 N–H and O–H groups in total. The van der Waals surface area contributed by atoms with Crippen molar-refractivity contribution in [2.24, 2.45) is 0 Å². The zero-order valence-electron chi connectivity index (χ0n) is 12.9. The van der Waals surface area contributed by atoms with Crippen molar-refractivity contribution in [1.29, 1.82) is 0 Å². The van der Waals surface area contributed by atoms with E-state index in [0.29, 0.717) is 17.3 Å². The third-order valence-electron chi connectivity index (χ3n) is 3.60. The van der Waals surface area contributed by atoms with Gasteiger partial charge >= 0.3 is 0 Å². The molecule has 0 radical (unpaired) electrons. The first-order valence-corrected chi connectivity index (χ1v) is 9.26. The van der Waals surface area contributed by atoms with Crippen LogP contribution in [0.4, 0.5) is 5.69 Å². The molecular formula is C16H17N3O2S2. The Labute approximate surface area is 143 Å². The fourth-order valence-electron chi connectivity index (χ4n) is 2.33. The molecule has 0 saturated carbocycles. The smallest absolute Gasteiger partial charge is 0.274 e. The van der Waals surface area contributed by atoms with Crippen LogP contribution in [0.5, 0.6) is 0 Å². The first kappa shape index (κ1) is 16.0. The number of aromatic nitrogens is 1. The molecule has 3 rings (SSSR count). The Bertz CT molecular complexity index is 727. The Morgan fingerprint density at radius 2 is 2.00 bits per heavy atom. The van der Waals surface area contributed by atoms with Gasteiger partial charge in [-0.25, -0.2) is 4.98 Å². The van der Waals surface area contributed by atoms with E-state index in [4.69, 9.17) is 0 Å². The molecule has 1 aromatic carbocycles. The van der Waals surface area contributed by atoms with Gasteiger partial charge in [0.25, 0.3) is 5.91 Å². The Kier molecular flexibility index (Phi) is 4.68. The molecule has 0 unspecified atom stereocenters. The van der Waals surface area contributed by atoms with E-state index in [9.17, 15) is 9.59 Å². The maximum atomic E-state index is 12.5. The zero-order valence-corrected chi connectivity index (χ0v) is 14.5. The number of nitrogens with zero attached hydrogens (tertiary/aromatic N) is 2. The van der Waals surface area contributed by atoms with Gasteiger partial charge in [0, 0.05) is 16.8 Å². The molecule has 120 valence electrons. The van der Waals surface area contributed by atoms with Gasteiger partial charge in [-0.2, -0.15) is 0 Å². The van der Waals surface area contributed by atoms with Crippen molar-refractivity contribution in [3.63, 3.8) is 0 Å². The highest BCUT2D eigenvalue weighted by Crippen LogP contribution is 2.25. The summed E-state index contributed by atoms with van der Waals surface area (Å²) < 4.78 is 0. The molecule has 0 aliphatic carbocycles. The summed E-state index contributed by atoms with van der Waals surface area (Å²) in [5.74, 6) is 0.788. The lowest BCUT2D eigenvalue weighted by Crippen LogP contribution is -2.44. The van der Waals surface area contributed by atoms with Gasteiger partial charge in [-0.1, -0.05) is 17.7 Å². The number of hydrogen-bond donors (Lipinski definition) is 1. The van der Waals surface area contributed by atoms with E-state index in [-0.39, 0.29) is 11.8 Å². The van der Waals surface area contributed by atoms with Crippen molar-refractivity contribution >= 4 is 40.6 Å². The topological polar surface area (TPSA) is 62.3 Å². The van der Waals surface area contributed by atoms with Crippen LogP contribution in [0.1, 0.15) is 21.1 Å². The van der Waals surface area contributed by atoms with E-state index in [2.05, 4.69) is 10.3 Å². The number of aryl methyl sites for hydroxylation is 2. The molecule has 1 aromatic heterocycles. The van der Waals surface area contributed by atoms with Crippen LogP contribution in [0.2, 0.25) is 0 Å². The van der Waals surface area contributed by atoms with E-state index < -0.39 is 6.04 Å². The number of rotatable bonds is 3. The quantitative estimate of drug-likeness (QED) is 0.927. The van der Waals surface area contributed by atoms with Gasteiger partial charge in [-0.15, -0.1) is 23.1 Å². The predicted octanol–water partition coefficient (Wildman–Crippen LogP) is 2.91. The molecule has 1 saturated heterocycles. The number of carbonyl (C=O) groups excluding carboxylic acids is 2. The van der Waals surface area contributed by atoms with Gasteiger partial charge in [-0.05, 0) is 26.0 Å². The van der Waals surface area contributed by atoms with E-state index in [1.54, 1.807) is 22.0 Å². The first-order chi connectivity index (χ1) is 11.0. The lowest BCUT2D eigenvalue weighted by atomic mass is 10.2. The third kappa shape index (κ3) is 3.56. The van der Waals surface area contributed by atoms with Gasteiger partial charge in [0.05, 0.1) is 10.9 Å². The van der Waals surface area contributed by atoms with Crippen molar-refractivity contribution in [2.45, 2.75) is 19.9 Å². The molecule has 0 spiro atoms. The summed E-state index contributed by atoms with van der Waals surface area (Å²) in [6.07, 6.45) is 0. The molecule has 5 nitrogen and oxygen atoms in total. The summed E-state index contributed by atoms with van der Waals surface area (Å²) in [7, 11) is 0. The van der Waals surface area contributed by atoms with Crippen LogP contribution in [-0.4, -0.2) is 39.4 Å². The largest absolute Gasteiger partial charge is 0.324 e. The van der Waals surface area contributed by atoms with Crippen LogP contribution in [0.3, 0.4) is 0 Å². The summed E-state index contributed by atoms with van der Waals surface area (Å²) >= 11 is 3.02. The van der Waals surface area contributed by atoms with E-state index >= 15 is 0 Å². The molecule has 1 aliphatic rings. The number of thiazole rings is 1. The van der Waals surface area contributed by atoms with Crippen LogP contribution in [0.15, 0.2) is 29.6 Å². The molecule has 1 aliphatic heterocycles. The number of benzene rings is 1. The number of carbonyl (C=O) groups is 2. The molecule has 1 atom stereocenters. The van der Waals surface area contributed by atoms with Gasteiger partial charge in [0.15, 0.2) is 0 Å². The maximum Gasteiger partial charge on any atom is 0.274 e. The maximum absolute atomic E-state index is 12.5. The molecule has 23 heavy (non-hydrogen) atoms. The highest BCUT2D eigenvalue weighted by molar-refractivity contribution is 7.99. The van der Waals surface area contributed by atoms with Crippen LogP contribution in [0, 0.1) is 13.8 Å². The molecule has 7 heteroatoms. The average Bonchev–Trinajstić information content (AvgIpc) is 3.17. The van der Waals surface area contributed by atoms with E-state index in [0.717, 1.165) is 16.3 Å². The van der Waals surface area contributed by atoms with Crippen molar-refractivity contribution in [3.05, 3.63) is 45.9 Å². The van der Waals surface area contributed by atoms with E-state index in [1.807, 2.05) is 38.1 Å². The zero-order chi connectivity index (χ0) is 16.4. The number of anilines is 1. The molecule has 1 fully saturated rings. The third-order valence-corrected chi connectivity index (χ3v) is 5.39. The molecule has 0 bridgehead atoms. The van der Waals surface area contributed by atoms with Crippen LogP contribution >= 0.6 is 23.1 Å². The second-order valence-electron chi connectivity index (χ2n) is 5.40. The van der Waals surface area contributed by atoms with Crippen LogP contribution < -0.4 is 5.32 Å². The normalized spacial score (nSPS) is 17.3. The van der Waals surface area contributed by atoms with Crippen molar-refractivity contribution in [2.75, 3.05) is 16.9 Å². The highest BCUT2D eigenvalue weighted by Gasteiger charge is 2.35. The van der Waals surface area contributed by atoms with Crippen LogP contribution in [-0.2, 0) is 4.79 Å². The minimum Gasteiger partial charge on any atom is -0.324 e. The standard InChI is InChI=1S/C16H17N3O2S2/c1-10-3-5-12(6-4-10)18-15(20)14-8-22-9-19(14)16(21)13-7-23-11(2)17-13/h3-7,14H,8-9H2,1-2H3,(H,18,20)/t14-/m1/s1. The highest BCUT2D eigenvalue weighted by atomic mass is 32.2. The van der Waals surface area contributed by atoms with E-state index in [1.165, 1.54) is 11.3 Å². The van der Waals surface area contributed by atoms with Crippen molar-refractivity contribution < 1.29 is 9.59 Å². The van der Waals surface area contributed by atoms with Gasteiger partial charge in [-0.3, -0.25) is 9.59 Å². The van der Waals surface area contributed by atoms with Crippen molar-refractivity contribution in [1.82, 2.24) is 9.88 Å². The number of thioether (sulfide) groups is 1. The minimum atomic E-state index is -0.462. The monoisotopic (exact) mass is 347 g/mol. The molecule has 2 aromatic rings. The fraction of sp³-hybridized carbons (Fsp3) is 0.312. The second-order valence-corrected chi connectivity index (χ2v) is 7.46. The number of nitrogens with one attached hydrogen (secondary N) is 1. The molecule has 2 heterocycles. The number of hydrogen-bond acceptors (Lipinski definition) is 5. The SMILES string of the molecule is Cc1ccc(NC(=O)[C@H]2CSCN2C(=O)c2csc(C)n2)cc1. The van der Waals surface area contributed by atoms with Gasteiger partial charge in [0.1, 0.15) is 11.7 Å².